The van der Waals surface area contributed by atoms with Gasteiger partial charge >= 0.3 is 7.60 Å². The Bertz CT molecular complexity index is 401. The SMILES string of the molecule is CC(C)OP(=O)(CC(C)c1ccccc1)OC(C)C. The van der Waals surface area contributed by atoms with Crippen molar-refractivity contribution in [3.8, 4) is 0 Å². The van der Waals surface area contributed by atoms with Crippen LogP contribution in [0.2, 0.25) is 0 Å². The minimum Gasteiger partial charge on any atom is -0.306 e. The number of hydrogen-bond acceptors (Lipinski definition) is 3. The predicted molar refractivity (Wildman–Crippen MR) is 79.8 cm³/mol. The largest absolute Gasteiger partial charge is 0.331 e. The number of benzene rings is 1. The molecule has 0 heterocycles. The normalized spacial score (nSPS) is 14.1. The average Bonchev–Trinajstić information content (AvgIpc) is 2.27. The lowest BCUT2D eigenvalue weighted by atomic mass is 10.0. The molecule has 1 aromatic carbocycles. The van der Waals surface area contributed by atoms with Gasteiger partial charge in [0, 0.05) is 0 Å². The third kappa shape index (κ3) is 5.90. The van der Waals surface area contributed by atoms with E-state index in [1.807, 2.05) is 58.0 Å². The van der Waals surface area contributed by atoms with Gasteiger partial charge in [-0.05, 0) is 39.2 Å². The molecule has 0 radical (unpaired) electrons. The van der Waals surface area contributed by atoms with Crippen LogP contribution in [0.5, 0.6) is 0 Å². The molecule has 1 unspecified atom stereocenters. The van der Waals surface area contributed by atoms with Crippen molar-refractivity contribution in [2.75, 3.05) is 6.16 Å². The molecule has 0 bridgehead atoms. The van der Waals surface area contributed by atoms with Crippen LogP contribution in [0, 0.1) is 0 Å². The van der Waals surface area contributed by atoms with E-state index in [9.17, 15) is 4.57 Å². The maximum atomic E-state index is 12.8. The molecule has 1 rings (SSSR count). The van der Waals surface area contributed by atoms with Gasteiger partial charge in [0.2, 0.25) is 0 Å². The van der Waals surface area contributed by atoms with Crippen molar-refractivity contribution in [2.45, 2.75) is 52.7 Å². The molecule has 4 heteroatoms. The quantitative estimate of drug-likeness (QED) is 0.672. The lowest BCUT2D eigenvalue weighted by Crippen LogP contribution is -2.13. The molecule has 0 aliphatic rings. The molecule has 0 N–H and O–H groups in total. The summed E-state index contributed by atoms with van der Waals surface area (Å²) in [6.45, 7) is 9.56. The summed E-state index contributed by atoms with van der Waals surface area (Å²) < 4.78 is 23.9. The van der Waals surface area contributed by atoms with Crippen LogP contribution >= 0.6 is 7.60 Å². The van der Waals surface area contributed by atoms with Gasteiger partial charge in [-0.15, -0.1) is 0 Å². The third-order valence-corrected chi connectivity index (χ3v) is 5.09. The van der Waals surface area contributed by atoms with Crippen LogP contribution in [0.1, 0.15) is 46.1 Å². The standard InChI is InChI=1S/C15H25O3P/c1-12(2)17-19(16,18-13(3)4)11-14(5)15-9-7-6-8-10-15/h6-10,12-14H,11H2,1-5H3. The maximum absolute atomic E-state index is 12.8. The summed E-state index contributed by atoms with van der Waals surface area (Å²) in [7, 11) is -3.05. The van der Waals surface area contributed by atoms with E-state index in [-0.39, 0.29) is 18.1 Å². The molecule has 0 aliphatic carbocycles. The van der Waals surface area contributed by atoms with E-state index in [4.69, 9.17) is 9.05 Å². The first-order chi connectivity index (χ1) is 8.82. The van der Waals surface area contributed by atoms with Crippen molar-refractivity contribution in [3.63, 3.8) is 0 Å². The number of hydrogen-bond donors (Lipinski definition) is 0. The van der Waals surface area contributed by atoms with Gasteiger partial charge in [0.15, 0.2) is 0 Å². The Kier molecular flexibility index (Phi) is 6.25. The van der Waals surface area contributed by atoms with Crippen molar-refractivity contribution in [3.05, 3.63) is 35.9 Å². The summed E-state index contributed by atoms with van der Waals surface area (Å²) in [4.78, 5) is 0. The van der Waals surface area contributed by atoms with Gasteiger partial charge in [-0.2, -0.15) is 0 Å². The van der Waals surface area contributed by atoms with Gasteiger partial charge in [-0.25, -0.2) is 0 Å². The molecule has 1 aromatic rings. The van der Waals surface area contributed by atoms with Crippen molar-refractivity contribution in [1.82, 2.24) is 0 Å². The van der Waals surface area contributed by atoms with Crippen molar-refractivity contribution >= 4 is 7.60 Å². The highest BCUT2D eigenvalue weighted by Crippen LogP contribution is 2.53. The monoisotopic (exact) mass is 284 g/mol. The summed E-state index contributed by atoms with van der Waals surface area (Å²) in [5.74, 6) is 0.143. The van der Waals surface area contributed by atoms with Crippen LogP contribution in [0.25, 0.3) is 0 Å². The Labute approximate surface area is 116 Å². The zero-order chi connectivity index (χ0) is 14.5. The second-order valence-corrected chi connectivity index (χ2v) is 7.42. The molecule has 0 saturated heterocycles. The van der Waals surface area contributed by atoms with E-state index in [2.05, 4.69) is 6.92 Å². The van der Waals surface area contributed by atoms with Crippen molar-refractivity contribution in [2.24, 2.45) is 0 Å². The van der Waals surface area contributed by atoms with Crippen LogP contribution in [0.4, 0.5) is 0 Å². The fraction of sp³-hybridized carbons (Fsp3) is 0.600. The molecule has 108 valence electrons. The first-order valence-corrected chi connectivity index (χ1v) is 8.56. The van der Waals surface area contributed by atoms with E-state index in [1.54, 1.807) is 0 Å². The molecule has 0 aromatic heterocycles. The molecule has 0 fully saturated rings. The van der Waals surface area contributed by atoms with E-state index < -0.39 is 7.60 Å². The molecule has 0 saturated carbocycles. The van der Waals surface area contributed by atoms with Gasteiger partial charge in [-0.1, -0.05) is 37.3 Å². The summed E-state index contributed by atoms with van der Waals surface area (Å²) in [5, 5.41) is 0. The lowest BCUT2D eigenvalue weighted by molar-refractivity contribution is 0.142. The van der Waals surface area contributed by atoms with Gasteiger partial charge in [0.05, 0.1) is 18.4 Å². The Morgan fingerprint density at radius 3 is 1.84 bits per heavy atom. The smallest absolute Gasteiger partial charge is 0.306 e. The Balaban J connectivity index is 2.80. The summed E-state index contributed by atoms with van der Waals surface area (Å²) in [6, 6.07) is 10.0. The topological polar surface area (TPSA) is 35.5 Å². The molecule has 3 nitrogen and oxygen atoms in total. The zero-order valence-corrected chi connectivity index (χ0v) is 13.4. The third-order valence-electron chi connectivity index (χ3n) is 2.61. The van der Waals surface area contributed by atoms with E-state index in [0.29, 0.717) is 6.16 Å². The Hall–Kier alpha value is -0.630. The zero-order valence-electron chi connectivity index (χ0n) is 12.5. The van der Waals surface area contributed by atoms with E-state index in [1.165, 1.54) is 0 Å². The van der Waals surface area contributed by atoms with Gasteiger partial charge in [0.25, 0.3) is 0 Å². The molecular formula is C15H25O3P. The highest BCUT2D eigenvalue weighted by Gasteiger charge is 2.30. The highest BCUT2D eigenvalue weighted by atomic mass is 31.2. The summed E-state index contributed by atoms with van der Waals surface area (Å²) >= 11 is 0. The molecule has 0 spiro atoms. The minimum absolute atomic E-state index is 0.104. The van der Waals surface area contributed by atoms with Crippen molar-refractivity contribution in [1.29, 1.82) is 0 Å². The van der Waals surface area contributed by atoms with E-state index in [0.717, 1.165) is 5.56 Å². The molecule has 0 amide bonds. The fourth-order valence-corrected chi connectivity index (χ4v) is 4.36. The van der Waals surface area contributed by atoms with Crippen LogP contribution in [0.15, 0.2) is 30.3 Å². The molecule has 19 heavy (non-hydrogen) atoms. The van der Waals surface area contributed by atoms with Crippen molar-refractivity contribution < 1.29 is 13.6 Å². The average molecular weight is 284 g/mol. The second kappa shape index (κ2) is 7.23. The Morgan fingerprint density at radius 1 is 0.947 bits per heavy atom. The second-order valence-electron chi connectivity index (χ2n) is 5.41. The number of rotatable bonds is 7. The van der Waals surface area contributed by atoms with Crippen LogP contribution in [-0.4, -0.2) is 18.4 Å². The first kappa shape index (κ1) is 16.4. The summed E-state index contributed by atoms with van der Waals surface area (Å²) in [5.41, 5.74) is 1.16. The summed E-state index contributed by atoms with van der Waals surface area (Å²) in [6.07, 6.45) is 0.202. The minimum atomic E-state index is -3.05. The van der Waals surface area contributed by atoms with Gasteiger partial charge in [0.1, 0.15) is 0 Å². The predicted octanol–water partition coefficient (Wildman–Crippen LogP) is 4.83. The highest BCUT2D eigenvalue weighted by molar-refractivity contribution is 7.53. The Morgan fingerprint density at radius 2 is 1.42 bits per heavy atom. The first-order valence-electron chi connectivity index (χ1n) is 6.83. The van der Waals surface area contributed by atoms with Crippen LogP contribution in [-0.2, 0) is 13.6 Å². The van der Waals surface area contributed by atoms with Crippen LogP contribution < -0.4 is 0 Å². The fourth-order valence-electron chi connectivity index (χ4n) is 1.98. The van der Waals surface area contributed by atoms with Crippen LogP contribution in [0.3, 0.4) is 0 Å². The molecule has 0 aliphatic heterocycles. The van der Waals surface area contributed by atoms with Gasteiger partial charge in [-0.3, -0.25) is 4.57 Å². The molecular weight excluding hydrogens is 259 g/mol. The lowest BCUT2D eigenvalue weighted by Gasteiger charge is -2.25. The maximum Gasteiger partial charge on any atom is 0.331 e. The van der Waals surface area contributed by atoms with E-state index >= 15 is 0 Å². The van der Waals surface area contributed by atoms with Gasteiger partial charge < -0.3 is 9.05 Å². The molecule has 1 atom stereocenters.